The van der Waals surface area contributed by atoms with Crippen molar-refractivity contribution in [3.63, 3.8) is 0 Å². The summed E-state index contributed by atoms with van der Waals surface area (Å²) in [6, 6.07) is 47.2. The number of aryl methyl sites for hydroxylation is 2. The standard InChI is InChI=1S/C39H27N2Se/c1-24-22-23-32-30-17-8-10-21-35(30)42-38(32)36(24)39-40(2)34-20-11-18-31-28-15-6-4-13-26(28)25-12-3-5-14-27(25)29-16-7-9-19-33(29)41(39)37(31)34/h3-23H,1-2H3/q+1. The molecule has 3 heterocycles. The number of hydrogen-bond acceptors (Lipinski definition) is 0. The molecule has 2 nitrogen and oxygen atoms in total. The van der Waals surface area contributed by atoms with Gasteiger partial charge in [0.15, 0.2) is 0 Å². The van der Waals surface area contributed by atoms with Crippen LogP contribution in [-0.2, 0) is 7.05 Å². The first-order valence-corrected chi connectivity index (χ1v) is 16.2. The molecule has 0 aliphatic carbocycles. The average Bonchev–Trinajstić information content (AvgIpc) is 3.56. The quantitative estimate of drug-likeness (QED) is 0.131. The van der Waals surface area contributed by atoms with E-state index in [1.54, 1.807) is 0 Å². The maximum absolute atomic E-state index is 2.57. The molecule has 0 fully saturated rings. The number of hydrogen-bond donors (Lipinski definition) is 0. The van der Waals surface area contributed by atoms with E-state index >= 15 is 0 Å². The van der Waals surface area contributed by atoms with Gasteiger partial charge >= 0.3 is 250 Å². The van der Waals surface area contributed by atoms with E-state index in [0.29, 0.717) is 0 Å². The van der Waals surface area contributed by atoms with E-state index in [1.807, 2.05) is 0 Å². The van der Waals surface area contributed by atoms with Crippen LogP contribution in [0.25, 0.3) is 79.5 Å². The predicted molar refractivity (Wildman–Crippen MR) is 180 cm³/mol. The summed E-state index contributed by atoms with van der Waals surface area (Å²) in [5, 5.41) is 10.3. The van der Waals surface area contributed by atoms with Crippen molar-refractivity contribution in [2.24, 2.45) is 7.05 Å². The summed E-state index contributed by atoms with van der Waals surface area (Å²) < 4.78 is 7.96. The van der Waals surface area contributed by atoms with Gasteiger partial charge in [0.2, 0.25) is 0 Å². The summed E-state index contributed by atoms with van der Waals surface area (Å²) >= 11 is 0.233. The maximum atomic E-state index is 2.57. The molecule has 0 aliphatic rings. The molecule has 0 bridgehead atoms. The van der Waals surface area contributed by atoms with Crippen LogP contribution in [0, 0.1) is 6.92 Å². The van der Waals surface area contributed by atoms with Gasteiger partial charge in [0.05, 0.1) is 0 Å². The molecule has 0 spiro atoms. The molecule has 0 N–H and O–H groups in total. The number of imidazole rings is 1. The molecule has 3 aromatic heterocycles. The first-order valence-electron chi connectivity index (χ1n) is 14.4. The SMILES string of the molecule is Cc1ccc2c([se]c3ccccc32)c1-c1n2c3ccccc3c3ccccc3c3ccccc3c3cccc(c32)[n+]1C. The molecule has 198 valence electrons. The summed E-state index contributed by atoms with van der Waals surface area (Å²) in [5.41, 5.74) is 6.38. The van der Waals surface area contributed by atoms with Gasteiger partial charge in [-0.25, -0.2) is 0 Å². The third kappa shape index (κ3) is 3.18. The van der Waals surface area contributed by atoms with Crippen molar-refractivity contribution >= 4 is 82.7 Å². The van der Waals surface area contributed by atoms with E-state index in [0.717, 1.165) is 0 Å². The second-order valence-corrected chi connectivity index (χ2v) is 13.4. The summed E-state index contributed by atoms with van der Waals surface area (Å²) in [4.78, 5) is 0. The predicted octanol–water partition coefficient (Wildman–Crippen LogP) is 9.28. The molecule has 0 saturated carbocycles. The Morgan fingerprint density at radius 1 is 0.524 bits per heavy atom. The van der Waals surface area contributed by atoms with Gasteiger partial charge in [-0.1, -0.05) is 0 Å². The first kappa shape index (κ1) is 24.0. The van der Waals surface area contributed by atoms with Crippen LogP contribution in [0.2, 0.25) is 0 Å². The number of para-hydroxylation sites is 2. The topological polar surface area (TPSA) is 8.29 Å². The molecule has 42 heavy (non-hydrogen) atoms. The third-order valence-corrected chi connectivity index (χ3v) is 11.5. The van der Waals surface area contributed by atoms with Gasteiger partial charge in [-0.15, -0.1) is 0 Å². The zero-order valence-electron chi connectivity index (χ0n) is 23.4. The van der Waals surface area contributed by atoms with E-state index in [-0.39, 0.29) is 14.5 Å². The van der Waals surface area contributed by atoms with Crippen LogP contribution in [-0.4, -0.2) is 18.9 Å². The van der Waals surface area contributed by atoms with Crippen molar-refractivity contribution in [3.05, 3.63) is 133 Å². The van der Waals surface area contributed by atoms with E-state index in [2.05, 4.69) is 150 Å². The number of rotatable bonds is 1. The average molecular weight is 603 g/mol. The van der Waals surface area contributed by atoms with Crippen LogP contribution < -0.4 is 4.57 Å². The molecule has 9 rings (SSSR count). The monoisotopic (exact) mass is 603 g/mol. The Balaban J connectivity index is 1.66. The van der Waals surface area contributed by atoms with Crippen LogP contribution in [0.1, 0.15) is 5.56 Å². The van der Waals surface area contributed by atoms with Crippen LogP contribution >= 0.6 is 0 Å². The Bertz CT molecular complexity index is 2600. The Kier molecular flexibility index (Phi) is 5.08. The van der Waals surface area contributed by atoms with Crippen molar-refractivity contribution in [3.8, 4) is 11.4 Å². The summed E-state index contributed by atoms with van der Waals surface area (Å²) in [6.07, 6.45) is 0. The Labute approximate surface area is 249 Å². The number of fused-ring (bicyclic) bond motifs is 10. The van der Waals surface area contributed by atoms with Crippen molar-refractivity contribution in [2.75, 3.05) is 0 Å². The Hall–Kier alpha value is -4.69. The van der Waals surface area contributed by atoms with Gasteiger partial charge in [0.1, 0.15) is 0 Å². The van der Waals surface area contributed by atoms with Crippen LogP contribution in [0.5, 0.6) is 0 Å². The number of nitrogens with zero attached hydrogens (tertiary/aromatic N) is 2. The van der Waals surface area contributed by atoms with Gasteiger partial charge in [-0.2, -0.15) is 0 Å². The second kappa shape index (κ2) is 8.90. The molecule has 0 unspecified atom stereocenters. The van der Waals surface area contributed by atoms with Crippen LogP contribution in [0.3, 0.4) is 0 Å². The normalized spacial score (nSPS) is 12.0. The van der Waals surface area contributed by atoms with Gasteiger partial charge in [0.25, 0.3) is 0 Å². The van der Waals surface area contributed by atoms with E-state index < -0.39 is 0 Å². The third-order valence-electron chi connectivity index (χ3n) is 8.98. The van der Waals surface area contributed by atoms with Crippen LogP contribution in [0.15, 0.2) is 127 Å². The molecule has 0 radical (unpaired) electrons. The van der Waals surface area contributed by atoms with E-state index in [1.165, 1.54) is 85.1 Å². The van der Waals surface area contributed by atoms with Crippen molar-refractivity contribution in [1.82, 2.24) is 4.40 Å². The first-order chi connectivity index (χ1) is 20.7. The van der Waals surface area contributed by atoms with Gasteiger partial charge in [0, 0.05) is 0 Å². The molecule has 0 aliphatic heterocycles. The van der Waals surface area contributed by atoms with Crippen LogP contribution in [0.4, 0.5) is 0 Å². The molecular weight excluding hydrogens is 575 g/mol. The molecule has 6 aromatic carbocycles. The number of benzene rings is 6. The van der Waals surface area contributed by atoms with Crippen molar-refractivity contribution in [1.29, 1.82) is 0 Å². The molecular formula is C39H27N2Se+. The molecule has 9 aromatic rings. The molecule has 0 atom stereocenters. The zero-order valence-corrected chi connectivity index (χ0v) is 25.1. The fourth-order valence-electron chi connectivity index (χ4n) is 7.11. The van der Waals surface area contributed by atoms with Gasteiger partial charge < -0.3 is 0 Å². The molecule has 0 amide bonds. The number of aromatic nitrogens is 2. The fraction of sp³-hybridized carbons (Fsp3) is 0.0513. The molecule has 3 heteroatoms. The Morgan fingerprint density at radius 3 is 1.83 bits per heavy atom. The van der Waals surface area contributed by atoms with Gasteiger partial charge in [-0.05, 0) is 0 Å². The van der Waals surface area contributed by atoms with E-state index in [4.69, 9.17) is 0 Å². The fourth-order valence-corrected chi connectivity index (χ4v) is 9.83. The summed E-state index contributed by atoms with van der Waals surface area (Å²) in [5.74, 6) is 1.24. The summed E-state index contributed by atoms with van der Waals surface area (Å²) in [6.45, 7) is 2.28. The van der Waals surface area contributed by atoms with Gasteiger partial charge in [-0.3, -0.25) is 0 Å². The summed E-state index contributed by atoms with van der Waals surface area (Å²) in [7, 11) is 2.25. The molecule has 0 saturated heterocycles. The van der Waals surface area contributed by atoms with E-state index in [9.17, 15) is 0 Å². The van der Waals surface area contributed by atoms with Crippen molar-refractivity contribution in [2.45, 2.75) is 6.92 Å². The minimum absolute atomic E-state index is 0.233. The Morgan fingerprint density at radius 2 is 1.10 bits per heavy atom. The van der Waals surface area contributed by atoms with Crippen molar-refractivity contribution < 1.29 is 4.57 Å². The second-order valence-electron chi connectivity index (χ2n) is 11.2. The zero-order chi connectivity index (χ0) is 27.9. The minimum atomic E-state index is 0.233.